The molecule has 1 aromatic heterocycles. The maximum atomic E-state index is 11.3. The largest absolute Gasteiger partial charge is 0.392 e. The van der Waals surface area contributed by atoms with E-state index in [4.69, 9.17) is 5.73 Å². The molecule has 0 aliphatic rings. The quantitative estimate of drug-likeness (QED) is 0.445. The van der Waals surface area contributed by atoms with Gasteiger partial charge in [0.25, 0.3) is 0 Å². The summed E-state index contributed by atoms with van der Waals surface area (Å²) in [6.07, 6.45) is 4.17. The number of hydrogen-bond donors (Lipinski definition) is 3. The Morgan fingerprint density at radius 1 is 1.44 bits per heavy atom. The number of aryl methyl sites for hydroxylation is 1. The lowest BCUT2D eigenvalue weighted by molar-refractivity contribution is -0.139. The molecule has 1 heterocycles. The monoisotopic (exact) mass is 269 g/mol. The third-order valence-electron chi connectivity index (χ3n) is 2.09. The first-order valence-electron chi connectivity index (χ1n) is 5.31. The molecule has 0 aliphatic carbocycles. The van der Waals surface area contributed by atoms with E-state index in [1.165, 1.54) is 0 Å². The van der Waals surface area contributed by atoms with Crippen LogP contribution in [0.2, 0.25) is 0 Å². The Morgan fingerprint density at radius 3 is 2.67 bits per heavy atom. The van der Waals surface area contributed by atoms with Crippen LogP contribution in [0.15, 0.2) is 12.4 Å². The fourth-order valence-corrected chi connectivity index (χ4v) is 1.32. The van der Waals surface area contributed by atoms with Crippen LogP contribution in [0.25, 0.3) is 0 Å². The molecule has 98 valence electrons. The Morgan fingerprint density at radius 2 is 2.11 bits per heavy atom. The van der Waals surface area contributed by atoms with Crippen LogP contribution in [0.4, 0.5) is 0 Å². The second-order valence-electron chi connectivity index (χ2n) is 3.68. The second-order valence-corrected chi connectivity index (χ2v) is 4.20. The fraction of sp³-hybridized carbons (Fsp3) is 0.400. The number of amides is 2. The summed E-state index contributed by atoms with van der Waals surface area (Å²) >= 11 is 4.58. The highest BCUT2D eigenvalue weighted by molar-refractivity contribution is 7.80. The van der Waals surface area contributed by atoms with E-state index in [1.54, 1.807) is 10.9 Å². The van der Waals surface area contributed by atoms with E-state index in [2.05, 4.69) is 28.0 Å². The maximum absolute atomic E-state index is 11.3. The smallest absolute Gasteiger partial charge is 0.309 e. The summed E-state index contributed by atoms with van der Waals surface area (Å²) in [6, 6.07) is 0. The van der Waals surface area contributed by atoms with Crippen LogP contribution >= 0.6 is 12.2 Å². The van der Waals surface area contributed by atoms with Gasteiger partial charge >= 0.3 is 11.8 Å². The number of nitrogens with zero attached hydrogens (tertiary/aromatic N) is 2. The Labute approximate surface area is 110 Å². The highest BCUT2D eigenvalue weighted by Crippen LogP contribution is 1.95. The van der Waals surface area contributed by atoms with E-state index in [-0.39, 0.29) is 11.5 Å². The number of thiocarbonyl (C=S) groups is 1. The molecule has 7 nitrogen and oxygen atoms in total. The predicted octanol–water partition coefficient (Wildman–Crippen LogP) is -1.52. The first-order valence-corrected chi connectivity index (χ1v) is 5.71. The molecular formula is C10H15N5O2S. The molecule has 0 saturated heterocycles. The number of carbonyl (C=O) groups is 2. The van der Waals surface area contributed by atoms with Gasteiger partial charge in [-0.05, 0) is 12.0 Å². The number of carbonyl (C=O) groups excluding carboxylic acids is 2. The normalized spacial score (nSPS) is 9.83. The molecule has 8 heteroatoms. The van der Waals surface area contributed by atoms with Crippen LogP contribution in [-0.4, -0.2) is 39.7 Å². The van der Waals surface area contributed by atoms with Gasteiger partial charge in [0.1, 0.15) is 0 Å². The van der Waals surface area contributed by atoms with Crippen LogP contribution in [-0.2, 0) is 23.1 Å². The van der Waals surface area contributed by atoms with Crippen molar-refractivity contribution >= 4 is 29.0 Å². The van der Waals surface area contributed by atoms with Gasteiger partial charge in [-0.2, -0.15) is 5.10 Å². The van der Waals surface area contributed by atoms with Gasteiger partial charge in [-0.1, -0.05) is 12.2 Å². The van der Waals surface area contributed by atoms with Gasteiger partial charge in [0.05, 0.1) is 17.7 Å². The number of aromatic nitrogens is 2. The molecule has 0 unspecified atom stereocenters. The zero-order valence-corrected chi connectivity index (χ0v) is 10.8. The van der Waals surface area contributed by atoms with Gasteiger partial charge in [0.2, 0.25) is 0 Å². The summed E-state index contributed by atoms with van der Waals surface area (Å²) in [5.41, 5.74) is 6.18. The van der Waals surface area contributed by atoms with Gasteiger partial charge in [-0.15, -0.1) is 0 Å². The lowest BCUT2D eigenvalue weighted by atomic mass is 10.2. The Balaban J connectivity index is 2.24. The molecule has 2 amide bonds. The van der Waals surface area contributed by atoms with Crippen molar-refractivity contribution in [2.75, 3.05) is 13.1 Å². The zero-order valence-electron chi connectivity index (χ0n) is 9.97. The Bertz CT molecular complexity index is 457. The minimum atomic E-state index is -0.742. The SMILES string of the molecule is Cn1cc(CCNC(=O)C(=O)NCC(N)=S)cn1. The van der Waals surface area contributed by atoms with Gasteiger partial charge in [-0.3, -0.25) is 14.3 Å². The van der Waals surface area contributed by atoms with Crippen molar-refractivity contribution in [1.82, 2.24) is 20.4 Å². The van der Waals surface area contributed by atoms with Gasteiger partial charge in [0, 0.05) is 19.8 Å². The minimum absolute atomic E-state index is 0.0180. The molecule has 1 aromatic rings. The van der Waals surface area contributed by atoms with Crippen LogP contribution in [0.1, 0.15) is 5.56 Å². The summed E-state index contributed by atoms with van der Waals surface area (Å²) in [5, 5.41) is 8.79. The van der Waals surface area contributed by atoms with E-state index < -0.39 is 11.8 Å². The Hall–Kier alpha value is -1.96. The lowest BCUT2D eigenvalue weighted by Gasteiger charge is -2.04. The summed E-state index contributed by atoms with van der Waals surface area (Å²) in [4.78, 5) is 22.7. The number of nitrogens with one attached hydrogen (secondary N) is 2. The van der Waals surface area contributed by atoms with Crippen molar-refractivity contribution in [1.29, 1.82) is 0 Å². The Kier molecular flexibility index (Phi) is 5.25. The van der Waals surface area contributed by atoms with Gasteiger partial charge < -0.3 is 16.4 Å². The number of hydrogen-bond acceptors (Lipinski definition) is 4. The molecular weight excluding hydrogens is 254 g/mol. The standard InChI is InChI=1S/C10H15N5O2S/c1-15-6-7(4-14-15)2-3-12-9(16)10(17)13-5-8(11)18/h4,6H,2-3,5H2,1H3,(H2,11,18)(H,12,16)(H,13,17). The molecule has 0 aromatic carbocycles. The molecule has 0 atom stereocenters. The number of nitrogens with two attached hydrogens (primary N) is 1. The molecule has 0 saturated carbocycles. The van der Waals surface area contributed by atoms with E-state index in [9.17, 15) is 9.59 Å². The summed E-state index contributed by atoms with van der Waals surface area (Å²) in [7, 11) is 1.81. The molecule has 0 bridgehead atoms. The van der Waals surface area contributed by atoms with Crippen LogP contribution < -0.4 is 16.4 Å². The molecule has 0 spiro atoms. The minimum Gasteiger partial charge on any atom is -0.392 e. The average molecular weight is 269 g/mol. The highest BCUT2D eigenvalue weighted by Gasteiger charge is 2.12. The first-order chi connectivity index (χ1) is 8.49. The second kappa shape index (κ2) is 6.70. The lowest BCUT2D eigenvalue weighted by Crippen LogP contribution is -2.43. The van der Waals surface area contributed by atoms with Crippen molar-refractivity contribution in [3.63, 3.8) is 0 Å². The average Bonchev–Trinajstić information content (AvgIpc) is 2.71. The third-order valence-corrected chi connectivity index (χ3v) is 2.23. The van der Waals surface area contributed by atoms with Gasteiger partial charge in [-0.25, -0.2) is 0 Å². The first kappa shape index (κ1) is 14.1. The van der Waals surface area contributed by atoms with Crippen molar-refractivity contribution < 1.29 is 9.59 Å². The molecule has 0 radical (unpaired) electrons. The van der Waals surface area contributed by atoms with Crippen molar-refractivity contribution in [3.05, 3.63) is 18.0 Å². The molecule has 4 N–H and O–H groups in total. The predicted molar refractivity (Wildman–Crippen MR) is 69.7 cm³/mol. The number of rotatable bonds is 5. The van der Waals surface area contributed by atoms with Crippen LogP contribution in [0.5, 0.6) is 0 Å². The fourth-order valence-electron chi connectivity index (χ4n) is 1.25. The zero-order chi connectivity index (χ0) is 13.5. The van der Waals surface area contributed by atoms with Crippen LogP contribution in [0.3, 0.4) is 0 Å². The molecule has 0 fully saturated rings. The summed E-state index contributed by atoms with van der Waals surface area (Å²) in [6.45, 7) is 0.384. The summed E-state index contributed by atoms with van der Waals surface area (Å²) in [5.74, 6) is -1.44. The van der Waals surface area contributed by atoms with E-state index >= 15 is 0 Å². The van der Waals surface area contributed by atoms with E-state index in [0.29, 0.717) is 13.0 Å². The van der Waals surface area contributed by atoms with Crippen molar-refractivity contribution in [2.24, 2.45) is 12.8 Å². The topological polar surface area (TPSA) is 102 Å². The van der Waals surface area contributed by atoms with E-state index in [0.717, 1.165) is 5.56 Å². The third kappa shape index (κ3) is 4.91. The van der Waals surface area contributed by atoms with E-state index in [1.807, 2.05) is 13.2 Å². The summed E-state index contributed by atoms with van der Waals surface area (Å²) < 4.78 is 1.67. The molecule has 0 aliphatic heterocycles. The van der Waals surface area contributed by atoms with Crippen molar-refractivity contribution in [3.8, 4) is 0 Å². The van der Waals surface area contributed by atoms with Gasteiger partial charge in [0.15, 0.2) is 0 Å². The molecule has 1 rings (SSSR count). The molecule has 18 heavy (non-hydrogen) atoms. The maximum Gasteiger partial charge on any atom is 0.309 e. The van der Waals surface area contributed by atoms with Crippen molar-refractivity contribution in [2.45, 2.75) is 6.42 Å². The highest BCUT2D eigenvalue weighted by atomic mass is 32.1. The van der Waals surface area contributed by atoms with Crippen LogP contribution in [0, 0.1) is 0 Å².